The molecule has 0 saturated heterocycles. The number of unbranched alkanes of at least 4 members (excludes halogenated alkanes) is 1. The van der Waals surface area contributed by atoms with Crippen LogP contribution in [0.5, 0.6) is 5.75 Å². The van der Waals surface area contributed by atoms with Gasteiger partial charge in [-0.25, -0.2) is 4.98 Å². The normalized spacial score (nSPS) is 12.2. The fraction of sp³-hybridized carbons (Fsp3) is 0.314. The zero-order valence-corrected chi connectivity index (χ0v) is 26.1. The highest BCUT2D eigenvalue weighted by Gasteiger charge is 2.15. The molecule has 0 bridgehead atoms. The highest BCUT2D eigenvalue weighted by molar-refractivity contribution is 7.90. The Labute approximate surface area is 258 Å². The Morgan fingerprint density at radius 2 is 1.77 bits per heavy atom. The lowest BCUT2D eigenvalue weighted by Crippen LogP contribution is -2.13. The third-order valence-electron chi connectivity index (χ3n) is 6.87. The minimum Gasteiger partial charge on any atom is -0.611 e. The number of hydrogen-bond donors (Lipinski definition) is 1. The molecule has 0 aliphatic carbocycles. The van der Waals surface area contributed by atoms with Crippen molar-refractivity contribution in [3.8, 4) is 16.9 Å². The second-order valence-electron chi connectivity index (χ2n) is 10.3. The van der Waals surface area contributed by atoms with Gasteiger partial charge in [0, 0.05) is 24.4 Å². The molecule has 0 fully saturated rings. The zero-order chi connectivity index (χ0) is 30.4. The van der Waals surface area contributed by atoms with Crippen molar-refractivity contribution < 1.29 is 18.8 Å². The Balaban J connectivity index is 1.31. The predicted octanol–water partition coefficient (Wildman–Crippen LogP) is 7.51. The molecule has 0 unspecified atom stereocenters. The molecule has 1 amide bonds. The number of aromatic nitrogens is 2. The van der Waals surface area contributed by atoms with Gasteiger partial charge in [0.05, 0.1) is 24.8 Å². The molecule has 0 radical (unpaired) electrons. The highest BCUT2D eigenvalue weighted by Crippen LogP contribution is 2.25. The van der Waals surface area contributed by atoms with E-state index < -0.39 is 11.2 Å². The molecule has 0 aliphatic heterocycles. The monoisotopic (exact) mass is 599 g/mol. The molecule has 4 aromatic rings. The van der Waals surface area contributed by atoms with Gasteiger partial charge in [-0.05, 0) is 96.2 Å². The van der Waals surface area contributed by atoms with E-state index in [2.05, 4.69) is 30.2 Å². The topological polar surface area (TPSA) is 88.4 Å². The minimum absolute atomic E-state index is 0.192. The molecule has 1 aromatic heterocycles. The van der Waals surface area contributed by atoms with Gasteiger partial charge >= 0.3 is 0 Å². The maximum Gasteiger partial charge on any atom is 0.251 e. The standard InChI is InChI=1S/C35H41N3O4S/c1-4-6-19-41-20-21-42-33-14-10-29(11-15-33)30-9-7-8-28(23-30)22-27(3)35(39)37-31-12-16-34(17-13-31)43(40)25-32-24-36-26-38(32)18-5-2/h7-17,22-24,26H,4-6,18-21,25H2,1-3H3,(H,37,39)/b27-22+/t43-/m1/s1. The van der Waals surface area contributed by atoms with Gasteiger partial charge in [0.15, 0.2) is 10.6 Å². The quantitative estimate of drug-likeness (QED) is 0.0818. The summed E-state index contributed by atoms with van der Waals surface area (Å²) in [4.78, 5) is 17.8. The molecule has 4 rings (SSSR count). The Hall–Kier alpha value is -3.85. The Bertz CT molecular complexity index is 1470. The number of aryl methyl sites for hydroxylation is 1. The van der Waals surface area contributed by atoms with Crippen LogP contribution in [0.3, 0.4) is 0 Å². The van der Waals surface area contributed by atoms with Crippen LogP contribution in [0.1, 0.15) is 51.3 Å². The van der Waals surface area contributed by atoms with Crippen LogP contribution in [-0.4, -0.2) is 39.8 Å². The number of anilines is 1. The summed E-state index contributed by atoms with van der Waals surface area (Å²) in [7, 11) is 0. The first kappa shape index (κ1) is 32.1. The molecule has 1 heterocycles. The molecular formula is C35H41N3O4S. The van der Waals surface area contributed by atoms with Crippen LogP contribution in [0, 0.1) is 0 Å². The molecule has 1 atom stereocenters. The van der Waals surface area contributed by atoms with Gasteiger partial charge in [0.25, 0.3) is 5.91 Å². The van der Waals surface area contributed by atoms with Gasteiger partial charge in [0.1, 0.15) is 12.4 Å². The average Bonchev–Trinajstić information content (AvgIpc) is 3.46. The highest BCUT2D eigenvalue weighted by atomic mass is 32.2. The predicted molar refractivity (Wildman–Crippen MR) is 174 cm³/mol. The van der Waals surface area contributed by atoms with E-state index in [1.54, 1.807) is 43.7 Å². The van der Waals surface area contributed by atoms with E-state index in [9.17, 15) is 9.35 Å². The fourth-order valence-corrected chi connectivity index (χ4v) is 5.60. The molecular weight excluding hydrogens is 558 g/mol. The van der Waals surface area contributed by atoms with Crippen LogP contribution in [-0.2, 0) is 33.0 Å². The first-order valence-electron chi connectivity index (χ1n) is 14.8. The summed E-state index contributed by atoms with van der Waals surface area (Å²) in [6.07, 6.45) is 8.61. The van der Waals surface area contributed by atoms with Crippen molar-refractivity contribution in [2.45, 2.75) is 57.2 Å². The molecule has 3 aromatic carbocycles. The summed E-state index contributed by atoms with van der Waals surface area (Å²) in [6.45, 7) is 8.78. The van der Waals surface area contributed by atoms with Gasteiger partial charge < -0.3 is 23.9 Å². The van der Waals surface area contributed by atoms with Crippen LogP contribution in [0.25, 0.3) is 17.2 Å². The van der Waals surface area contributed by atoms with Crippen molar-refractivity contribution >= 4 is 28.8 Å². The maximum atomic E-state index is 12.9. The van der Waals surface area contributed by atoms with Crippen LogP contribution < -0.4 is 10.1 Å². The summed E-state index contributed by atoms with van der Waals surface area (Å²) in [6, 6.07) is 23.2. The minimum atomic E-state index is -1.20. The van der Waals surface area contributed by atoms with Gasteiger partial charge in [-0.15, -0.1) is 0 Å². The number of carbonyl (C=O) groups excluding carboxylic acids is 1. The summed E-state index contributed by atoms with van der Waals surface area (Å²) in [5, 5.41) is 2.94. The SMILES string of the molecule is CCCCOCCOc1ccc(-c2cccc(/C=C(\C)C(=O)Nc3ccc([S@+]([O-])Cc4cncn4CCC)cc3)c2)cc1. The van der Waals surface area contributed by atoms with Crippen molar-refractivity contribution in [1.29, 1.82) is 0 Å². The van der Waals surface area contributed by atoms with Crippen LogP contribution in [0.4, 0.5) is 5.69 Å². The fourth-order valence-electron chi connectivity index (χ4n) is 4.48. The number of nitrogens with zero attached hydrogens (tertiary/aromatic N) is 2. The van der Waals surface area contributed by atoms with Crippen molar-refractivity contribution in [3.63, 3.8) is 0 Å². The molecule has 0 aliphatic rings. The lowest BCUT2D eigenvalue weighted by molar-refractivity contribution is -0.112. The first-order valence-corrected chi connectivity index (χ1v) is 16.2. The van der Waals surface area contributed by atoms with E-state index in [1.165, 1.54) is 0 Å². The van der Waals surface area contributed by atoms with Crippen molar-refractivity contribution in [2.75, 3.05) is 25.1 Å². The molecule has 226 valence electrons. The summed E-state index contributed by atoms with van der Waals surface area (Å²) < 4.78 is 26.3. The van der Waals surface area contributed by atoms with Gasteiger partial charge in [-0.2, -0.15) is 0 Å². The Kier molecular flexibility index (Phi) is 12.5. The number of amides is 1. The van der Waals surface area contributed by atoms with Crippen molar-refractivity contribution in [2.24, 2.45) is 0 Å². The second-order valence-corrected chi connectivity index (χ2v) is 11.8. The van der Waals surface area contributed by atoms with Crippen LogP contribution in [0.2, 0.25) is 0 Å². The van der Waals surface area contributed by atoms with E-state index in [4.69, 9.17) is 9.47 Å². The summed E-state index contributed by atoms with van der Waals surface area (Å²) in [5.74, 6) is 1.02. The lowest BCUT2D eigenvalue weighted by atomic mass is 10.0. The lowest BCUT2D eigenvalue weighted by Gasteiger charge is -2.13. The Morgan fingerprint density at radius 3 is 2.51 bits per heavy atom. The third kappa shape index (κ3) is 9.85. The number of benzene rings is 3. The van der Waals surface area contributed by atoms with Gasteiger partial charge in [-0.3, -0.25) is 4.79 Å². The zero-order valence-electron chi connectivity index (χ0n) is 25.3. The van der Waals surface area contributed by atoms with Gasteiger partial charge in [0.2, 0.25) is 0 Å². The smallest absolute Gasteiger partial charge is 0.251 e. The number of hydrogen-bond acceptors (Lipinski definition) is 5. The molecule has 43 heavy (non-hydrogen) atoms. The second kappa shape index (κ2) is 16.7. The van der Waals surface area contributed by atoms with Gasteiger partial charge in [-0.1, -0.05) is 50.6 Å². The number of rotatable bonds is 16. The molecule has 7 nitrogen and oxygen atoms in total. The van der Waals surface area contributed by atoms with Crippen molar-refractivity contribution in [1.82, 2.24) is 9.55 Å². The molecule has 0 spiro atoms. The average molecular weight is 600 g/mol. The molecule has 0 saturated carbocycles. The third-order valence-corrected chi connectivity index (χ3v) is 8.23. The number of carbonyl (C=O) groups is 1. The van der Waals surface area contributed by atoms with Crippen LogP contribution >= 0.6 is 0 Å². The van der Waals surface area contributed by atoms with E-state index in [-0.39, 0.29) is 5.91 Å². The first-order chi connectivity index (χ1) is 21.0. The summed E-state index contributed by atoms with van der Waals surface area (Å²) >= 11 is -1.20. The maximum absolute atomic E-state index is 12.9. The largest absolute Gasteiger partial charge is 0.611 e. The van der Waals surface area contributed by atoms with E-state index in [1.807, 2.05) is 53.1 Å². The number of nitrogens with one attached hydrogen (secondary N) is 1. The molecule has 1 N–H and O–H groups in total. The van der Waals surface area contributed by atoms with E-state index in [0.717, 1.165) is 60.5 Å². The Morgan fingerprint density at radius 1 is 0.977 bits per heavy atom. The van der Waals surface area contributed by atoms with Crippen LogP contribution in [0.15, 0.2) is 95.8 Å². The van der Waals surface area contributed by atoms with E-state index >= 15 is 0 Å². The summed E-state index contributed by atoms with van der Waals surface area (Å²) in [5.41, 5.74) is 5.24. The molecule has 8 heteroatoms. The number of ether oxygens (including phenoxy) is 2. The van der Waals surface area contributed by atoms with Crippen molar-refractivity contribution in [3.05, 3.63) is 102 Å². The van der Waals surface area contributed by atoms with E-state index in [0.29, 0.717) is 35.1 Å². The number of imidazole rings is 1.